The highest BCUT2D eigenvalue weighted by Crippen LogP contribution is 2.41. The van der Waals surface area contributed by atoms with Crippen LogP contribution in [0.15, 0.2) is 34.9 Å². The third-order valence-electron chi connectivity index (χ3n) is 4.96. The summed E-state index contributed by atoms with van der Waals surface area (Å²) in [6, 6.07) is 9.86. The van der Waals surface area contributed by atoms with Crippen molar-refractivity contribution in [2.24, 2.45) is 0 Å². The van der Waals surface area contributed by atoms with Gasteiger partial charge in [-0.05, 0) is 56.6 Å². The predicted octanol–water partition coefficient (Wildman–Crippen LogP) is 4.54. The average molecular weight is 378 g/mol. The monoisotopic (exact) mass is 378 g/mol. The molecule has 1 N–H and O–H groups in total. The van der Waals surface area contributed by atoms with Crippen LogP contribution in [0.2, 0.25) is 0 Å². The quantitative estimate of drug-likeness (QED) is 0.682. The molecular weight excluding hydrogens is 352 g/mol. The first-order valence-electron chi connectivity index (χ1n) is 9.77. The number of anilines is 1. The standard InChI is InChI=1S/C22H26N4O2/c1-13(2)20-19-17(11-18(15-8-9-15)24-22(19)28-25-20)21(27)23-16-7-5-6-14(10-16)12-26(3)4/h5-7,10-11,13,15H,8-9,12H2,1-4H3,(H,23,27). The van der Waals surface area contributed by atoms with Crippen molar-refractivity contribution in [3.63, 3.8) is 0 Å². The number of nitrogens with one attached hydrogen (secondary N) is 1. The highest BCUT2D eigenvalue weighted by atomic mass is 16.5. The summed E-state index contributed by atoms with van der Waals surface area (Å²) in [4.78, 5) is 19.9. The molecule has 6 heteroatoms. The molecule has 0 saturated heterocycles. The van der Waals surface area contributed by atoms with E-state index in [-0.39, 0.29) is 11.8 Å². The fourth-order valence-electron chi connectivity index (χ4n) is 3.46. The molecule has 1 fully saturated rings. The summed E-state index contributed by atoms with van der Waals surface area (Å²) in [5.41, 5.74) is 4.68. The summed E-state index contributed by atoms with van der Waals surface area (Å²) in [6.45, 7) is 4.90. The highest BCUT2D eigenvalue weighted by molar-refractivity contribution is 6.12. The van der Waals surface area contributed by atoms with Gasteiger partial charge in [0, 0.05) is 23.8 Å². The van der Waals surface area contributed by atoms with Crippen LogP contribution in [0.1, 0.15) is 65.8 Å². The van der Waals surface area contributed by atoms with Gasteiger partial charge >= 0.3 is 0 Å². The number of nitrogens with zero attached hydrogens (tertiary/aromatic N) is 3. The van der Waals surface area contributed by atoms with E-state index in [1.165, 1.54) is 0 Å². The third-order valence-corrected chi connectivity index (χ3v) is 4.96. The summed E-state index contributed by atoms with van der Waals surface area (Å²) in [5.74, 6) is 0.415. The zero-order valence-electron chi connectivity index (χ0n) is 16.8. The molecule has 1 aromatic carbocycles. The second-order valence-corrected chi connectivity index (χ2v) is 8.16. The maximum absolute atomic E-state index is 13.2. The molecule has 3 aromatic rings. The maximum Gasteiger partial charge on any atom is 0.259 e. The Labute approximate surface area is 164 Å². The van der Waals surface area contributed by atoms with Crippen molar-refractivity contribution in [2.75, 3.05) is 19.4 Å². The molecule has 28 heavy (non-hydrogen) atoms. The first-order valence-corrected chi connectivity index (χ1v) is 9.77. The second kappa shape index (κ2) is 7.36. The number of aromatic nitrogens is 2. The van der Waals surface area contributed by atoms with Crippen LogP contribution in [0.5, 0.6) is 0 Å². The zero-order chi connectivity index (χ0) is 19.8. The van der Waals surface area contributed by atoms with E-state index in [4.69, 9.17) is 4.52 Å². The van der Waals surface area contributed by atoms with Gasteiger partial charge in [0.1, 0.15) is 0 Å². The van der Waals surface area contributed by atoms with Gasteiger partial charge in [0.2, 0.25) is 0 Å². The van der Waals surface area contributed by atoms with Crippen molar-refractivity contribution in [2.45, 2.75) is 45.1 Å². The summed E-state index contributed by atoms with van der Waals surface area (Å²) in [5, 5.41) is 7.96. The number of fused-ring (bicyclic) bond motifs is 1. The molecule has 0 aliphatic heterocycles. The Morgan fingerprint density at radius 2 is 2.07 bits per heavy atom. The first-order chi connectivity index (χ1) is 13.4. The van der Waals surface area contributed by atoms with E-state index in [1.807, 2.05) is 52.2 Å². The van der Waals surface area contributed by atoms with E-state index in [9.17, 15) is 4.79 Å². The molecule has 0 bridgehead atoms. The zero-order valence-corrected chi connectivity index (χ0v) is 16.8. The van der Waals surface area contributed by atoms with Crippen molar-refractivity contribution in [1.82, 2.24) is 15.0 Å². The summed E-state index contributed by atoms with van der Waals surface area (Å²) < 4.78 is 5.49. The smallest absolute Gasteiger partial charge is 0.259 e. The minimum Gasteiger partial charge on any atom is -0.335 e. The lowest BCUT2D eigenvalue weighted by Gasteiger charge is -2.12. The molecule has 2 heterocycles. The predicted molar refractivity (Wildman–Crippen MR) is 110 cm³/mol. The van der Waals surface area contributed by atoms with Gasteiger partial charge in [-0.15, -0.1) is 0 Å². The third kappa shape index (κ3) is 3.78. The topological polar surface area (TPSA) is 71.3 Å². The van der Waals surface area contributed by atoms with E-state index in [0.717, 1.165) is 47.4 Å². The summed E-state index contributed by atoms with van der Waals surface area (Å²) in [7, 11) is 4.05. The number of pyridine rings is 1. The number of hydrogen-bond donors (Lipinski definition) is 1. The van der Waals surface area contributed by atoms with Crippen molar-refractivity contribution in [1.29, 1.82) is 0 Å². The number of hydrogen-bond acceptors (Lipinski definition) is 5. The Bertz CT molecular complexity index is 1020. The van der Waals surface area contributed by atoms with Crippen molar-refractivity contribution in [3.8, 4) is 0 Å². The summed E-state index contributed by atoms with van der Waals surface area (Å²) in [6.07, 6.45) is 2.22. The fraction of sp³-hybridized carbons (Fsp3) is 0.409. The molecular formula is C22H26N4O2. The van der Waals surface area contributed by atoms with Crippen molar-refractivity contribution >= 4 is 22.7 Å². The number of rotatable bonds is 6. The molecule has 6 nitrogen and oxygen atoms in total. The molecule has 1 amide bonds. The second-order valence-electron chi connectivity index (χ2n) is 8.16. The number of carbonyl (C=O) groups excluding carboxylic acids is 1. The van der Waals surface area contributed by atoms with Gasteiger partial charge in [0.25, 0.3) is 11.6 Å². The Morgan fingerprint density at radius 1 is 1.29 bits per heavy atom. The molecule has 0 unspecified atom stereocenters. The van der Waals surface area contributed by atoms with Crippen molar-refractivity contribution in [3.05, 3.63) is 52.8 Å². The highest BCUT2D eigenvalue weighted by Gasteiger charge is 2.29. The molecule has 1 aliphatic rings. The number of carbonyl (C=O) groups is 1. The fourth-order valence-corrected chi connectivity index (χ4v) is 3.46. The Balaban J connectivity index is 1.71. The normalized spacial score (nSPS) is 14.2. The molecule has 0 atom stereocenters. The van der Waals surface area contributed by atoms with Crippen LogP contribution in [0.25, 0.3) is 11.1 Å². The average Bonchev–Trinajstić information content (AvgIpc) is 3.39. The van der Waals surface area contributed by atoms with Crippen LogP contribution >= 0.6 is 0 Å². The van der Waals surface area contributed by atoms with E-state index in [1.54, 1.807) is 0 Å². The molecule has 1 saturated carbocycles. The van der Waals surface area contributed by atoms with Crippen LogP contribution in [0.4, 0.5) is 5.69 Å². The molecule has 0 spiro atoms. The van der Waals surface area contributed by atoms with E-state index in [2.05, 4.69) is 26.4 Å². The molecule has 1 aliphatic carbocycles. The minimum atomic E-state index is -0.151. The van der Waals surface area contributed by atoms with Crippen LogP contribution in [0, 0.1) is 0 Å². The SMILES string of the molecule is CC(C)c1noc2nc(C3CC3)cc(C(=O)Nc3cccc(CN(C)C)c3)c12. The Morgan fingerprint density at radius 3 is 2.75 bits per heavy atom. The Hall–Kier alpha value is -2.73. The van der Waals surface area contributed by atoms with E-state index >= 15 is 0 Å². The van der Waals surface area contributed by atoms with Gasteiger partial charge in [-0.25, -0.2) is 4.98 Å². The lowest BCUT2D eigenvalue weighted by molar-refractivity contribution is 0.102. The lowest BCUT2D eigenvalue weighted by atomic mass is 10.0. The van der Waals surface area contributed by atoms with Crippen LogP contribution < -0.4 is 5.32 Å². The van der Waals surface area contributed by atoms with Crippen molar-refractivity contribution < 1.29 is 9.32 Å². The van der Waals surface area contributed by atoms with Gasteiger partial charge in [0.05, 0.1) is 16.6 Å². The molecule has 0 radical (unpaired) electrons. The largest absolute Gasteiger partial charge is 0.335 e. The first kappa shape index (κ1) is 18.6. The van der Waals surface area contributed by atoms with Gasteiger partial charge in [-0.1, -0.05) is 31.1 Å². The summed E-state index contributed by atoms with van der Waals surface area (Å²) >= 11 is 0. The lowest BCUT2D eigenvalue weighted by Crippen LogP contribution is -2.15. The molecule has 2 aromatic heterocycles. The maximum atomic E-state index is 13.2. The van der Waals surface area contributed by atoms with Gasteiger partial charge in [-0.3, -0.25) is 4.79 Å². The van der Waals surface area contributed by atoms with Gasteiger partial charge in [0.15, 0.2) is 0 Å². The number of benzene rings is 1. The van der Waals surface area contributed by atoms with E-state index < -0.39 is 0 Å². The van der Waals surface area contributed by atoms with E-state index in [0.29, 0.717) is 17.2 Å². The molecule has 4 rings (SSSR count). The number of amides is 1. The van der Waals surface area contributed by atoms with Crippen LogP contribution in [0.3, 0.4) is 0 Å². The molecule has 146 valence electrons. The van der Waals surface area contributed by atoms with Crippen LogP contribution in [-0.4, -0.2) is 35.0 Å². The van der Waals surface area contributed by atoms with Gasteiger partial charge in [-0.2, -0.15) is 0 Å². The Kier molecular flexibility index (Phi) is 4.89. The minimum absolute atomic E-state index is 0.143. The van der Waals surface area contributed by atoms with Crippen LogP contribution in [-0.2, 0) is 6.54 Å². The van der Waals surface area contributed by atoms with Gasteiger partial charge < -0.3 is 14.7 Å².